The van der Waals surface area contributed by atoms with Crippen molar-refractivity contribution in [3.05, 3.63) is 141 Å². The molecule has 3 aromatic rings. The summed E-state index contributed by atoms with van der Waals surface area (Å²) < 4.78 is 18.3. The lowest BCUT2D eigenvalue weighted by molar-refractivity contribution is -0.146. The Kier molecular flexibility index (Phi) is 11.4. The fourth-order valence-corrected chi connectivity index (χ4v) is 10.8. The monoisotopic (exact) mass is 814 g/mol. The van der Waals surface area contributed by atoms with Crippen LogP contribution in [0.4, 0.5) is 0 Å². The molecular formula is C50H60N4O6. The van der Waals surface area contributed by atoms with Gasteiger partial charge in [-0.2, -0.15) is 0 Å². The van der Waals surface area contributed by atoms with Crippen molar-refractivity contribution in [1.29, 1.82) is 0 Å². The maximum Gasteiger partial charge on any atom is 0.314 e. The average molecular weight is 815 g/mol. The summed E-state index contributed by atoms with van der Waals surface area (Å²) in [5.74, 6) is -3.26. The van der Waals surface area contributed by atoms with E-state index in [-0.39, 0.29) is 23.7 Å². The van der Waals surface area contributed by atoms with Gasteiger partial charge in [-0.1, -0.05) is 72.8 Å². The van der Waals surface area contributed by atoms with Gasteiger partial charge in [-0.25, -0.2) is 0 Å². The predicted molar refractivity (Wildman–Crippen MR) is 233 cm³/mol. The van der Waals surface area contributed by atoms with E-state index in [4.69, 9.17) is 1.37 Å². The van der Waals surface area contributed by atoms with Gasteiger partial charge in [-0.15, -0.1) is 0 Å². The van der Waals surface area contributed by atoms with Gasteiger partial charge >= 0.3 is 17.9 Å². The third-order valence-corrected chi connectivity index (χ3v) is 14.7. The number of carboxylic acid groups (broad SMARTS) is 3. The van der Waals surface area contributed by atoms with Gasteiger partial charge < -0.3 is 36.6 Å². The first-order valence-electron chi connectivity index (χ1n) is 22.8. The van der Waals surface area contributed by atoms with Crippen LogP contribution in [-0.4, -0.2) is 72.5 Å². The molecule has 0 radical (unpaired) electrons. The molecular weight excluding hydrogens is 753 g/mol. The minimum Gasteiger partial charge on any atom is -0.481 e. The molecule has 60 heavy (non-hydrogen) atoms. The molecule has 10 nitrogen and oxygen atoms in total. The van der Waals surface area contributed by atoms with Crippen LogP contribution >= 0.6 is 0 Å². The van der Waals surface area contributed by atoms with Crippen molar-refractivity contribution in [2.45, 2.75) is 82.0 Å². The van der Waals surface area contributed by atoms with Crippen molar-refractivity contribution in [3.8, 4) is 0 Å². The Hall–Kier alpha value is -5.03. The maximum atomic E-state index is 13.1. The quantitative estimate of drug-likeness (QED) is 0.0935. The third-order valence-electron chi connectivity index (χ3n) is 14.7. The number of benzene rings is 3. The number of hydrogen-bond acceptors (Lipinski definition) is 7. The largest absolute Gasteiger partial charge is 0.481 e. The van der Waals surface area contributed by atoms with Gasteiger partial charge in [0, 0.05) is 24.2 Å². The third kappa shape index (κ3) is 8.09. The smallest absolute Gasteiger partial charge is 0.314 e. The molecule has 0 amide bonds. The van der Waals surface area contributed by atoms with Crippen LogP contribution in [0.15, 0.2) is 102 Å². The molecule has 0 aromatic heterocycles. The second kappa shape index (κ2) is 17.5. The van der Waals surface area contributed by atoms with Crippen molar-refractivity contribution < 1.29 is 32.4 Å². The fourth-order valence-electron chi connectivity index (χ4n) is 10.8. The molecule has 7 N–H and O–H groups in total. The first-order valence-corrected chi connectivity index (χ1v) is 21.8. The van der Waals surface area contributed by atoms with E-state index < -0.39 is 34.7 Å². The van der Waals surface area contributed by atoms with Gasteiger partial charge in [0.2, 0.25) is 0 Å². The fraction of sp³-hybridized carbons (Fsp3) is 0.460. The second-order valence-corrected chi connectivity index (χ2v) is 18.1. The Morgan fingerprint density at radius 1 is 0.767 bits per heavy atom. The number of aliphatic carboxylic acids is 3. The lowest BCUT2D eigenvalue weighted by Gasteiger charge is -2.32. The van der Waals surface area contributed by atoms with E-state index in [2.05, 4.69) is 45.5 Å². The number of rotatable bonds is 15. The van der Waals surface area contributed by atoms with Crippen LogP contribution in [0.1, 0.15) is 87.1 Å². The molecule has 8 rings (SSSR count). The zero-order valence-electron chi connectivity index (χ0n) is 36.8. The molecule has 3 aromatic carbocycles. The number of hydrogen-bond donors (Lipinski definition) is 7. The van der Waals surface area contributed by atoms with Crippen molar-refractivity contribution in [1.82, 2.24) is 21.3 Å². The minimum atomic E-state index is -1.17. The predicted octanol–water partition coefficient (Wildman–Crippen LogP) is 6.26. The Morgan fingerprint density at radius 3 is 1.95 bits per heavy atom. The van der Waals surface area contributed by atoms with Crippen molar-refractivity contribution in [2.24, 2.45) is 23.7 Å². The van der Waals surface area contributed by atoms with Crippen LogP contribution in [0, 0.1) is 23.7 Å². The minimum absolute atomic E-state index is 0.0471. The van der Waals surface area contributed by atoms with E-state index in [1.807, 2.05) is 24.4 Å². The highest BCUT2D eigenvalue weighted by Gasteiger charge is 2.45. The molecule has 0 spiro atoms. The van der Waals surface area contributed by atoms with Crippen molar-refractivity contribution in [3.63, 3.8) is 0 Å². The van der Waals surface area contributed by atoms with E-state index in [9.17, 15) is 31.1 Å². The summed E-state index contributed by atoms with van der Waals surface area (Å²) in [6.07, 6.45) is 11.0. The maximum absolute atomic E-state index is 13.1. The summed E-state index contributed by atoms with van der Waals surface area (Å²) in [6.45, 7) is 7.81. The van der Waals surface area contributed by atoms with Gasteiger partial charge in [0.1, 0.15) is 0 Å². The SMILES string of the molecule is [2H]c1ccc(C(C)(C(=O)O)[C@H]2CCNC2)cc1CC1=C(Cc2cc(C(C)(C(=O)O)[C@H]3CCNC3)ccc2[2H])C([C@H]2CCc3ccc(C[C@H](C(=O)O)[C@H]4CCNC4)cc32)=CC=CN1. The van der Waals surface area contributed by atoms with Gasteiger partial charge in [-0.3, -0.25) is 14.4 Å². The molecule has 5 aliphatic rings. The molecule has 10 heteroatoms. The summed E-state index contributed by atoms with van der Waals surface area (Å²) in [5.41, 5.74) is 6.55. The number of fused-ring (bicyclic) bond motifs is 1. The summed E-state index contributed by atoms with van der Waals surface area (Å²) in [4.78, 5) is 38.7. The highest BCUT2D eigenvalue weighted by molar-refractivity contribution is 5.82. The molecule has 3 fully saturated rings. The van der Waals surface area contributed by atoms with Crippen LogP contribution in [0.2, 0.25) is 0 Å². The number of carbonyl (C=O) groups is 3. The summed E-state index contributed by atoms with van der Waals surface area (Å²) >= 11 is 0. The van der Waals surface area contributed by atoms with E-state index >= 15 is 0 Å². The number of carboxylic acids is 3. The summed E-state index contributed by atoms with van der Waals surface area (Å²) in [7, 11) is 0. The highest BCUT2D eigenvalue weighted by atomic mass is 16.4. The molecule has 3 saturated heterocycles. The van der Waals surface area contributed by atoms with Gasteiger partial charge in [0.15, 0.2) is 0 Å². The number of aryl methyl sites for hydroxylation is 1. The highest BCUT2D eigenvalue weighted by Crippen LogP contribution is 2.45. The van der Waals surface area contributed by atoms with Gasteiger partial charge in [0.05, 0.1) is 19.5 Å². The molecule has 316 valence electrons. The molecule has 4 aliphatic heterocycles. The molecule has 4 heterocycles. The van der Waals surface area contributed by atoms with E-state index in [0.717, 1.165) is 79.7 Å². The van der Waals surface area contributed by atoms with E-state index in [1.54, 1.807) is 38.1 Å². The first kappa shape index (κ1) is 39.1. The summed E-state index contributed by atoms with van der Waals surface area (Å²) in [6, 6.07) is 17.8. The number of allylic oxidation sites excluding steroid dienone is 5. The van der Waals surface area contributed by atoms with Crippen LogP contribution < -0.4 is 21.3 Å². The van der Waals surface area contributed by atoms with Crippen LogP contribution in [-0.2, 0) is 50.9 Å². The van der Waals surface area contributed by atoms with Crippen molar-refractivity contribution >= 4 is 17.9 Å². The van der Waals surface area contributed by atoms with E-state index in [1.165, 1.54) is 5.56 Å². The lowest BCUT2D eigenvalue weighted by Crippen LogP contribution is -2.41. The molecule has 1 aliphatic carbocycles. The Bertz CT molecular complexity index is 2320. The van der Waals surface area contributed by atoms with Crippen LogP contribution in [0.25, 0.3) is 0 Å². The summed E-state index contributed by atoms with van der Waals surface area (Å²) in [5, 5.41) is 45.2. The lowest BCUT2D eigenvalue weighted by atomic mass is 9.70. The Labute approximate surface area is 356 Å². The standard InChI is InChI=1S/C50H60N4O6/c1-49(47(57)58,38-16-20-52-29-38)36-8-3-6-31(22-36)26-44-40(41-14-13-34-12-11-33(24-42(34)41)25-43(46(55)56)35-15-19-51-28-35)10-5-18-54-45(44)27-32-7-4-9-37(23-32)50(2,48(59)60)39-17-21-53-30-39/h3-12,18,22-24,35,38-39,41,43,51-54H,13-17,19-21,25-30H2,1-2H3,(H,55,56)(H,57,58)(H,59,60)/t35-,38-,39-,41+,43-,49?,50?/m0/s1/i6D,7D. The first-order chi connectivity index (χ1) is 29.8. The molecule has 0 saturated carbocycles. The second-order valence-electron chi connectivity index (χ2n) is 18.1. The van der Waals surface area contributed by atoms with Gasteiger partial charge in [-0.05, 0) is 172 Å². The zero-order valence-corrected chi connectivity index (χ0v) is 34.8. The topological polar surface area (TPSA) is 160 Å². The Morgan fingerprint density at radius 2 is 1.38 bits per heavy atom. The van der Waals surface area contributed by atoms with E-state index in [0.29, 0.717) is 73.2 Å². The molecule has 7 atom stereocenters. The van der Waals surface area contributed by atoms with Crippen LogP contribution in [0.5, 0.6) is 0 Å². The van der Waals surface area contributed by atoms with Crippen molar-refractivity contribution in [2.75, 3.05) is 39.3 Å². The zero-order chi connectivity index (χ0) is 43.8. The molecule has 0 bridgehead atoms. The Balaban J connectivity index is 1.22. The average Bonchev–Trinajstić information content (AvgIpc) is 4.11. The normalized spacial score (nSPS) is 25.6. The number of nitrogens with one attached hydrogen (secondary N) is 4. The molecule has 2 unspecified atom stereocenters. The van der Waals surface area contributed by atoms with Crippen LogP contribution in [0.3, 0.4) is 0 Å². The van der Waals surface area contributed by atoms with Gasteiger partial charge in [0.25, 0.3) is 0 Å².